The van der Waals surface area contributed by atoms with Crippen LogP contribution in [0.1, 0.15) is 12.5 Å². The summed E-state index contributed by atoms with van der Waals surface area (Å²) >= 11 is 0. The van der Waals surface area contributed by atoms with Gasteiger partial charge in [-0.25, -0.2) is 12.8 Å². The summed E-state index contributed by atoms with van der Waals surface area (Å²) in [6, 6.07) is 12.8. The number of amides is 2. The molecule has 7 nitrogen and oxygen atoms in total. The minimum absolute atomic E-state index is 0.0156. The highest BCUT2D eigenvalue weighted by Gasteiger charge is 2.26. The van der Waals surface area contributed by atoms with Crippen molar-refractivity contribution in [3.63, 3.8) is 0 Å². The topological polar surface area (TPSA) is 79.7 Å². The maximum Gasteiger partial charge on any atom is 0.242 e. The minimum Gasteiger partial charge on any atom is -0.339 e. The van der Waals surface area contributed by atoms with E-state index in [4.69, 9.17) is 0 Å². The predicted molar refractivity (Wildman–Crippen MR) is 118 cm³/mol. The third-order valence-electron chi connectivity index (χ3n) is 5.77. The van der Waals surface area contributed by atoms with E-state index in [0.29, 0.717) is 37.1 Å². The van der Waals surface area contributed by atoms with E-state index in [1.807, 2.05) is 0 Å². The molecule has 3 aromatic rings. The van der Waals surface area contributed by atoms with Crippen molar-refractivity contribution in [3.05, 3.63) is 66.1 Å². The van der Waals surface area contributed by atoms with Crippen LogP contribution in [0, 0.1) is 5.82 Å². The van der Waals surface area contributed by atoms with Crippen molar-refractivity contribution in [2.24, 2.45) is 0 Å². The summed E-state index contributed by atoms with van der Waals surface area (Å²) in [7, 11) is -3.85. The Bertz CT molecular complexity index is 1280. The van der Waals surface area contributed by atoms with Gasteiger partial charge in [0.05, 0.1) is 10.6 Å². The SMILES string of the molecule is CC(=O)N1CCN(C(=O)Cn2cc(S(=O)(=O)Cc3ccccc3F)c3ccccc32)CC1. The number of benzene rings is 2. The van der Waals surface area contributed by atoms with Crippen molar-refractivity contribution in [2.75, 3.05) is 26.2 Å². The van der Waals surface area contributed by atoms with Gasteiger partial charge < -0.3 is 14.4 Å². The van der Waals surface area contributed by atoms with Gasteiger partial charge in [-0.3, -0.25) is 9.59 Å². The molecule has 1 fully saturated rings. The molecule has 0 aliphatic carbocycles. The minimum atomic E-state index is -3.85. The first-order valence-corrected chi connectivity index (χ1v) is 12.0. The number of hydrogen-bond acceptors (Lipinski definition) is 4. The summed E-state index contributed by atoms with van der Waals surface area (Å²) < 4.78 is 42.0. The van der Waals surface area contributed by atoms with Gasteiger partial charge in [-0.2, -0.15) is 0 Å². The van der Waals surface area contributed by atoms with Crippen LogP contribution < -0.4 is 0 Å². The normalized spacial score (nSPS) is 14.7. The molecule has 0 bridgehead atoms. The molecule has 0 atom stereocenters. The molecule has 32 heavy (non-hydrogen) atoms. The van der Waals surface area contributed by atoms with Crippen molar-refractivity contribution in [2.45, 2.75) is 24.1 Å². The molecule has 1 aliphatic heterocycles. The number of piperazine rings is 1. The Morgan fingerprint density at radius 3 is 2.25 bits per heavy atom. The summed E-state index contributed by atoms with van der Waals surface area (Å²) in [5.41, 5.74) is 0.721. The molecule has 0 saturated carbocycles. The van der Waals surface area contributed by atoms with Gasteiger partial charge in [0.25, 0.3) is 0 Å². The van der Waals surface area contributed by atoms with E-state index in [1.54, 1.807) is 44.7 Å². The van der Waals surface area contributed by atoms with Gasteiger partial charge in [-0.1, -0.05) is 36.4 Å². The lowest BCUT2D eigenvalue weighted by Crippen LogP contribution is -2.50. The highest BCUT2D eigenvalue weighted by Crippen LogP contribution is 2.28. The van der Waals surface area contributed by atoms with Crippen molar-refractivity contribution < 1.29 is 22.4 Å². The second kappa shape index (κ2) is 8.74. The molecule has 1 aliphatic rings. The fourth-order valence-corrected chi connectivity index (χ4v) is 5.60. The number of carbonyl (C=O) groups is 2. The Morgan fingerprint density at radius 1 is 0.938 bits per heavy atom. The second-order valence-electron chi connectivity index (χ2n) is 7.88. The van der Waals surface area contributed by atoms with E-state index in [-0.39, 0.29) is 28.8 Å². The molecule has 168 valence electrons. The van der Waals surface area contributed by atoms with E-state index in [1.165, 1.54) is 31.3 Å². The number of hydrogen-bond donors (Lipinski definition) is 0. The number of fused-ring (bicyclic) bond motifs is 1. The molecule has 2 aromatic carbocycles. The van der Waals surface area contributed by atoms with E-state index >= 15 is 0 Å². The van der Waals surface area contributed by atoms with E-state index in [9.17, 15) is 22.4 Å². The molecule has 4 rings (SSSR count). The van der Waals surface area contributed by atoms with Crippen LogP contribution in [0.5, 0.6) is 0 Å². The highest BCUT2D eigenvalue weighted by molar-refractivity contribution is 7.90. The molecular formula is C23H24FN3O4S. The number of para-hydroxylation sites is 1. The Balaban J connectivity index is 1.60. The van der Waals surface area contributed by atoms with Crippen molar-refractivity contribution in [3.8, 4) is 0 Å². The Labute approximate surface area is 186 Å². The summed E-state index contributed by atoms with van der Waals surface area (Å²) in [5.74, 6) is -1.20. The zero-order chi connectivity index (χ0) is 22.9. The van der Waals surface area contributed by atoms with Gasteiger partial charge >= 0.3 is 0 Å². The Hall–Kier alpha value is -3.20. The Morgan fingerprint density at radius 2 is 1.56 bits per heavy atom. The first-order chi connectivity index (χ1) is 15.3. The lowest BCUT2D eigenvalue weighted by Gasteiger charge is -2.34. The smallest absolute Gasteiger partial charge is 0.242 e. The van der Waals surface area contributed by atoms with Gasteiger partial charge in [0.1, 0.15) is 12.4 Å². The molecule has 1 saturated heterocycles. The average Bonchev–Trinajstić information content (AvgIpc) is 3.15. The van der Waals surface area contributed by atoms with Crippen LogP contribution in [-0.4, -0.2) is 60.8 Å². The third kappa shape index (κ3) is 4.38. The molecule has 2 amide bonds. The van der Waals surface area contributed by atoms with Crippen LogP contribution in [-0.2, 0) is 31.7 Å². The van der Waals surface area contributed by atoms with Gasteiger partial charge in [-0.15, -0.1) is 0 Å². The lowest BCUT2D eigenvalue weighted by atomic mass is 10.2. The zero-order valence-corrected chi connectivity index (χ0v) is 18.5. The van der Waals surface area contributed by atoms with E-state index < -0.39 is 21.4 Å². The van der Waals surface area contributed by atoms with Crippen molar-refractivity contribution >= 4 is 32.6 Å². The standard InChI is InChI=1S/C23H24FN3O4S/c1-17(28)25-10-12-26(13-11-25)23(29)15-27-14-22(19-7-3-5-9-21(19)27)32(30,31)16-18-6-2-4-8-20(18)24/h2-9,14H,10-13,15-16H2,1H3. The predicted octanol–water partition coefficient (Wildman–Crippen LogP) is 2.45. The molecule has 0 unspecified atom stereocenters. The third-order valence-corrected chi connectivity index (χ3v) is 7.46. The second-order valence-corrected chi connectivity index (χ2v) is 9.83. The largest absolute Gasteiger partial charge is 0.339 e. The van der Waals surface area contributed by atoms with Crippen LogP contribution in [0.15, 0.2) is 59.6 Å². The Kier molecular flexibility index (Phi) is 6.01. The van der Waals surface area contributed by atoms with Crippen molar-refractivity contribution in [1.82, 2.24) is 14.4 Å². The molecule has 1 aromatic heterocycles. The number of rotatable bonds is 5. The number of halogens is 1. The molecular weight excluding hydrogens is 433 g/mol. The van der Waals surface area contributed by atoms with E-state index in [2.05, 4.69) is 0 Å². The summed E-state index contributed by atoms with van der Waals surface area (Å²) in [6.07, 6.45) is 1.46. The molecule has 0 N–H and O–H groups in total. The molecule has 0 spiro atoms. The monoisotopic (exact) mass is 457 g/mol. The van der Waals surface area contributed by atoms with Gasteiger partial charge in [0, 0.05) is 55.8 Å². The lowest BCUT2D eigenvalue weighted by molar-refractivity contribution is -0.138. The number of aromatic nitrogens is 1. The summed E-state index contributed by atoms with van der Waals surface area (Å²) in [6.45, 7) is 3.33. The maximum atomic E-state index is 14.1. The van der Waals surface area contributed by atoms with Gasteiger partial charge in [0.15, 0.2) is 9.84 Å². The average molecular weight is 458 g/mol. The first-order valence-electron chi connectivity index (χ1n) is 10.3. The van der Waals surface area contributed by atoms with Crippen molar-refractivity contribution in [1.29, 1.82) is 0 Å². The van der Waals surface area contributed by atoms with Crippen LogP contribution >= 0.6 is 0 Å². The molecule has 9 heteroatoms. The van der Waals surface area contributed by atoms with Gasteiger partial charge in [-0.05, 0) is 12.1 Å². The van der Waals surface area contributed by atoms with Crippen LogP contribution in [0.4, 0.5) is 4.39 Å². The highest BCUT2D eigenvalue weighted by atomic mass is 32.2. The van der Waals surface area contributed by atoms with Crippen LogP contribution in [0.2, 0.25) is 0 Å². The number of sulfone groups is 1. The van der Waals surface area contributed by atoms with Crippen LogP contribution in [0.25, 0.3) is 10.9 Å². The summed E-state index contributed by atoms with van der Waals surface area (Å²) in [4.78, 5) is 27.8. The summed E-state index contributed by atoms with van der Waals surface area (Å²) in [5, 5.41) is 0.498. The number of nitrogens with zero attached hydrogens (tertiary/aromatic N) is 3. The van der Waals surface area contributed by atoms with Crippen LogP contribution in [0.3, 0.4) is 0 Å². The fourth-order valence-electron chi connectivity index (χ4n) is 4.01. The number of carbonyl (C=O) groups excluding carboxylic acids is 2. The van der Waals surface area contributed by atoms with Gasteiger partial charge in [0.2, 0.25) is 11.8 Å². The first kappa shape index (κ1) is 22.0. The quantitative estimate of drug-likeness (QED) is 0.590. The molecule has 2 heterocycles. The zero-order valence-electron chi connectivity index (χ0n) is 17.7. The maximum absolute atomic E-state index is 14.1. The fraction of sp³-hybridized carbons (Fsp3) is 0.304. The van der Waals surface area contributed by atoms with E-state index in [0.717, 1.165) is 0 Å². The molecule has 0 radical (unpaired) electrons.